The highest BCUT2D eigenvalue weighted by Gasteiger charge is 2.19. The Labute approximate surface area is 121 Å². The molecule has 3 heterocycles. The van der Waals surface area contributed by atoms with Crippen LogP contribution >= 0.6 is 0 Å². The predicted molar refractivity (Wildman–Crippen MR) is 78.6 cm³/mol. The number of hydrazine groups is 1. The van der Waals surface area contributed by atoms with Crippen LogP contribution in [-0.2, 0) is 0 Å². The fraction of sp³-hybridized carbons (Fsp3) is 0.143. The molecular formula is C14H15N5O2. The van der Waals surface area contributed by atoms with Crippen molar-refractivity contribution in [2.75, 3.05) is 6.54 Å². The number of carboxylic acids is 1. The molecule has 7 heteroatoms. The summed E-state index contributed by atoms with van der Waals surface area (Å²) < 4.78 is 1.56. The first-order chi connectivity index (χ1) is 10.1. The molecule has 108 valence electrons. The molecule has 0 radical (unpaired) electrons. The number of aromatic carboxylic acids is 1. The van der Waals surface area contributed by atoms with Gasteiger partial charge in [-0.3, -0.25) is 5.43 Å². The van der Waals surface area contributed by atoms with E-state index in [4.69, 9.17) is 5.11 Å². The van der Waals surface area contributed by atoms with E-state index < -0.39 is 5.97 Å². The van der Waals surface area contributed by atoms with Crippen molar-refractivity contribution >= 4 is 17.5 Å². The normalized spacial score (nSPS) is 16.9. The Morgan fingerprint density at radius 2 is 2.24 bits per heavy atom. The SMILES string of the molecule is CC1=CC=C(c2cc(C(=O)O)nn2C2=CC=CNN2)NC1. The average Bonchev–Trinajstić information content (AvgIpc) is 2.94. The van der Waals surface area contributed by atoms with Gasteiger partial charge in [-0.2, -0.15) is 5.10 Å². The molecule has 0 atom stereocenters. The van der Waals surface area contributed by atoms with Crippen LogP contribution in [0, 0.1) is 0 Å². The van der Waals surface area contributed by atoms with E-state index in [2.05, 4.69) is 21.3 Å². The van der Waals surface area contributed by atoms with Gasteiger partial charge in [-0.15, -0.1) is 0 Å². The second-order valence-corrected chi connectivity index (χ2v) is 4.76. The Morgan fingerprint density at radius 3 is 2.86 bits per heavy atom. The molecule has 1 aromatic heterocycles. The smallest absolute Gasteiger partial charge is 0.356 e. The molecule has 0 saturated heterocycles. The molecule has 0 bridgehead atoms. The Kier molecular flexibility index (Phi) is 3.23. The van der Waals surface area contributed by atoms with Gasteiger partial charge >= 0.3 is 5.97 Å². The lowest BCUT2D eigenvalue weighted by Gasteiger charge is -2.19. The van der Waals surface area contributed by atoms with Gasteiger partial charge < -0.3 is 15.8 Å². The second kappa shape index (κ2) is 5.20. The molecule has 2 aliphatic heterocycles. The van der Waals surface area contributed by atoms with E-state index in [1.807, 2.05) is 31.2 Å². The summed E-state index contributed by atoms with van der Waals surface area (Å²) in [7, 11) is 0. The highest BCUT2D eigenvalue weighted by Crippen LogP contribution is 2.20. The highest BCUT2D eigenvalue weighted by atomic mass is 16.4. The van der Waals surface area contributed by atoms with Gasteiger partial charge in [0.2, 0.25) is 0 Å². The molecule has 1 aromatic rings. The number of rotatable bonds is 3. The molecule has 0 fully saturated rings. The summed E-state index contributed by atoms with van der Waals surface area (Å²) in [6, 6.07) is 1.55. The van der Waals surface area contributed by atoms with Crippen LogP contribution in [0.5, 0.6) is 0 Å². The van der Waals surface area contributed by atoms with Crippen LogP contribution in [0.4, 0.5) is 0 Å². The van der Waals surface area contributed by atoms with Gasteiger partial charge in [-0.05, 0) is 25.2 Å². The van der Waals surface area contributed by atoms with Crippen molar-refractivity contribution in [1.29, 1.82) is 0 Å². The summed E-state index contributed by atoms with van der Waals surface area (Å²) in [5, 5.41) is 16.6. The largest absolute Gasteiger partial charge is 0.476 e. The number of nitrogens with one attached hydrogen (secondary N) is 3. The predicted octanol–water partition coefficient (Wildman–Crippen LogP) is 0.892. The topological polar surface area (TPSA) is 91.2 Å². The number of hydrogen-bond donors (Lipinski definition) is 4. The summed E-state index contributed by atoms with van der Waals surface area (Å²) in [5.74, 6) is -0.410. The maximum absolute atomic E-state index is 11.2. The number of allylic oxidation sites excluding steroid dienone is 4. The van der Waals surface area contributed by atoms with E-state index in [1.54, 1.807) is 16.9 Å². The van der Waals surface area contributed by atoms with E-state index in [0.717, 1.165) is 12.2 Å². The van der Waals surface area contributed by atoms with Gasteiger partial charge in [0.25, 0.3) is 0 Å². The van der Waals surface area contributed by atoms with Crippen molar-refractivity contribution in [3.8, 4) is 0 Å². The highest BCUT2D eigenvalue weighted by molar-refractivity contribution is 5.87. The van der Waals surface area contributed by atoms with Gasteiger partial charge in [-0.1, -0.05) is 11.6 Å². The molecule has 2 aliphatic rings. The summed E-state index contributed by atoms with van der Waals surface area (Å²) in [6.45, 7) is 2.75. The second-order valence-electron chi connectivity index (χ2n) is 4.76. The Hall–Kier alpha value is -2.96. The molecule has 0 spiro atoms. The van der Waals surface area contributed by atoms with Crippen LogP contribution in [0.15, 0.2) is 42.1 Å². The Morgan fingerprint density at radius 1 is 1.38 bits per heavy atom. The molecule has 0 saturated carbocycles. The fourth-order valence-corrected chi connectivity index (χ4v) is 2.08. The van der Waals surface area contributed by atoms with Crippen LogP contribution in [-0.4, -0.2) is 27.4 Å². The summed E-state index contributed by atoms with van der Waals surface area (Å²) >= 11 is 0. The van der Waals surface area contributed by atoms with Crippen molar-refractivity contribution in [3.63, 3.8) is 0 Å². The monoisotopic (exact) mass is 285 g/mol. The van der Waals surface area contributed by atoms with Gasteiger partial charge in [0.1, 0.15) is 5.82 Å². The van der Waals surface area contributed by atoms with E-state index >= 15 is 0 Å². The molecule has 0 aliphatic carbocycles. The third-order valence-corrected chi connectivity index (χ3v) is 3.16. The van der Waals surface area contributed by atoms with Gasteiger partial charge in [0, 0.05) is 18.8 Å². The summed E-state index contributed by atoms with van der Waals surface area (Å²) in [6.07, 6.45) is 9.28. The zero-order chi connectivity index (χ0) is 14.8. The number of carbonyl (C=O) groups is 1. The van der Waals surface area contributed by atoms with Crippen molar-refractivity contribution in [2.24, 2.45) is 0 Å². The van der Waals surface area contributed by atoms with Crippen molar-refractivity contribution in [3.05, 3.63) is 53.5 Å². The third-order valence-electron chi connectivity index (χ3n) is 3.16. The number of nitrogens with zero attached hydrogens (tertiary/aromatic N) is 2. The van der Waals surface area contributed by atoms with E-state index in [9.17, 15) is 4.79 Å². The molecule has 21 heavy (non-hydrogen) atoms. The minimum Gasteiger partial charge on any atom is -0.476 e. The molecule has 0 aromatic carbocycles. The van der Waals surface area contributed by atoms with Gasteiger partial charge in [0.05, 0.1) is 11.4 Å². The standard InChI is InChI=1S/C14H15N5O2/c1-9-4-5-10(15-8-9)12-7-11(14(20)21)18-19(12)13-3-2-6-16-17-13/h2-7,15-17H,8H2,1H3,(H,20,21). The maximum atomic E-state index is 11.2. The molecule has 0 unspecified atom stereocenters. The molecule has 0 amide bonds. The zero-order valence-corrected chi connectivity index (χ0v) is 11.4. The minimum absolute atomic E-state index is 0.00349. The van der Waals surface area contributed by atoms with Crippen LogP contribution < -0.4 is 16.2 Å². The van der Waals surface area contributed by atoms with E-state index in [1.165, 1.54) is 5.57 Å². The van der Waals surface area contributed by atoms with Crippen molar-refractivity contribution in [2.45, 2.75) is 6.92 Å². The number of dihydropyridines is 1. The first kappa shape index (κ1) is 13.0. The summed E-state index contributed by atoms with van der Waals surface area (Å²) in [5.41, 5.74) is 8.51. The van der Waals surface area contributed by atoms with Gasteiger partial charge in [-0.25, -0.2) is 9.48 Å². The molecule has 3 rings (SSSR count). The van der Waals surface area contributed by atoms with Gasteiger partial charge in [0.15, 0.2) is 5.69 Å². The molecule has 4 N–H and O–H groups in total. The quantitative estimate of drug-likeness (QED) is 0.659. The minimum atomic E-state index is -1.06. The molecule has 7 nitrogen and oxygen atoms in total. The molecular weight excluding hydrogens is 270 g/mol. The Balaban J connectivity index is 2.08. The first-order valence-electron chi connectivity index (χ1n) is 6.49. The lowest BCUT2D eigenvalue weighted by molar-refractivity contribution is 0.0690. The number of hydrogen-bond acceptors (Lipinski definition) is 5. The van der Waals surface area contributed by atoms with E-state index in [-0.39, 0.29) is 5.69 Å². The van der Waals surface area contributed by atoms with Crippen molar-refractivity contribution in [1.82, 2.24) is 25.9 Å². The Bertz CT molecular complexity index is 709. The number of carboxylic acid groups (broad SMARTS) is 1. The average molecular weight is 285 g/mol. The first-order valence-corrected chi connectivity index (χ1v) is 6.49. The van der Waals surface area contributed by atoms with Crippen LogP contribution in [0.1, 0.15) is 23.1 Å². The van der Waals surface area contributed by atoms with Crippen LogP contribution in [0.25, 0.3) is 11.5 Å². The van der Waals surface area contributed by atoms with Crippen LogP contribution in [0.2, 0.25) is 0 Å². The fourth-order valence-electron chi connectivity index (χ4n) is 2.08. The van der Waals surface area contributed by atoms with E-state index in [0.29, 0.717) is 11.5 Å². The van der Waals surface area contributed by atoms with Crippen molar-refractivity contribution < 1.29 is 9.90 Å². The maximum Gasteiger partial charge on any atom is 0.356 e. The van der Waals surface area contributed by atoms with Crippen LogP contribution in [0.3, 0.4) is 0 Å². The summed E-state index contributed by atoms with van der Waals surface area (Å²) in [4.78, 5) is 11.2. The lowest BCUT2D eigenvalue weighted by atomic mass is 10.1. The number of aromatic nitrogens is 2. The third kappa shape index (κ3) is 2.53. The zero-order valence-electron chi connectivity index (χ0n) is 11.4. The lowest BCUT2D eigenvalue weighted by Crippen LogP contribution is -2.31.